The van der Waals surface area contributed by atoms with Crippen LogP contribution >= 0.6 is 22.9 Å². The van der Waals surface area contributed by atoms with Crippen molar-refractivity contribution in [1.29, 1.82) is 0 Å². The molecule has 1 heterocycles. The summed E-state index contributed by atoms with van der Waals surface area (Å²) >= 11 is 7.62. The third-order valence-electron chi connectivity index (χ3n) is 2.79. The Morgan fingerprint density at radius 2 is 2.06 bits per heavy atom. The number of likely N-dealkylation sites (N-methyl/N-ethyl adjacent to an activating group) is 1. The maximum absolute atomic E-state index is 5.90. The fourth-order valence-corrected chi connectivity index (χ4v) is 2.80. The van der Waals surface area contributed by atoms with E-state index in [0.29, 0.717) is 6.04 Å². The van der Waals surface area contributed by atoms with Crippen molar-refractivity contribution in [3.05, 3.63) is 51.4 Å². The molecule has 2 nitrogen and oxygen atoms in total. The number of hydrogen-bond donors (Lipinski definition) is 1. The minimum Gasteiger partial charge on any atom is -0.314 e. The number of hydrogen-bond acceptors (Lipinski definition) is 3. The normalized spacial score (nSPS) is 12.6. The first kappa shape index (κ1) is 13.5. The first-order chi connectivity index (χ1) is 8.78. The van der Waals surface area contributed by atoms with Gasteiger partial charge in [0.15, 0.2) is 0 Å². The van der Waals surface area contributed by atoms with Crippen LogP contribution in [0.4, 0.5) is 0 Å². The SMILES string of the molecule is CCNC(Cc1ccc(Cl)cc1)Cc1nccs1. The lowest BCUT2D eigenvalue weighted by atomic mass is 10.0. The molecule has 1 aromatic heterocycles. The average molecular weight is 281 g/mol. The molecule has 2 rings (SSSR count). The van der Waals surface area contributed by atoms with Gasteiger partial charge < -0.3 is 5.32 Å². The molecule has 0 aliphatic rings. The number of thiazole rings is 1. The molecule has 0 radical (unpaired) electrons. The van der Waals surface area contributed by atoms with Crippen molar-refractivity contribution < 1.29 is 0 Å². The van der Waals surface area contributed by atoms with Gasteiger partial charge in [0.2, 0.25) is 0 Å². The number of nitrogens with one attached hydrogen (secondary N) is 1. The van der Waals surface area contributed by atoms with Gasteiger partial charge >= 0.3 is 0 Å². The topological polar surface area (TPSA) is 24.9 Å². The van der Waals surface area contributed by atoms with E-state index in [1.807, 2.05) is 23.7 Å². The second kappa shape index (κ2) is 6.88. The van der Waals surface area contributed by atoms with E-state index >= 15 is 0 Å². The van der Waals surface area contributed by atoms with Crippen LogP contribution in [-0.4, -0.2) is 17.6 Å². The molecule has 0 saturated heterocycles. The maximum Gasteiger partial charge on any atom is 0.0940 e. The summed E-state index contributed by atoms with van der Waals surface area (Å²) in [7, 11) is 0. The van der Waals surface area contributed by atoms with Crippen LogP contribution < -0.4 is 5.32 Å². The van der Waals surface area contributed by atoms with Crippen LogP contribution in [0.15, 0.2) is 35.8 Å². The molecule has 0 fully saturated rings. The highest BCUT2D eigenvalue weighted by atomic mass is 35.5. The first-order valence-corrected chi connectivity index (χ1v) is 7.40. The number of rotatable bonds is 6. The van der Waals surface area contributed by atoms with Crippen molar-refractivity contribution in [1.82, 2.24) is 10.3 Å². The van der Waals surface area contributed by atoms with Crippen molar-refractivity contribution in [3.8, 4) is 0 Å². The van der Waals surface area contributed by atoms with E-state index in [-0.39, 0.29) is 0 Å². The van der Waals surface area contributed by atoms with Gasteiger partial charge in [-0.25, -0.2) is 4.98 Å². The molecule has 0 saturated carbocycles. The van der Waals surface area contributed by atoms with Crippen LogP contribution in [0, 0.1) is 0 Å². The maximum atomic E-state index is 5.90. The summed E-state index contributed by atoms with van der Waals surface area (Å²) in [6, 6.07) is 8.51. The minimum absolute atomic E-state index is 0.433. The van der Waals surface area contributed by atoms with Crippen LogP contribution in [0.3, 0.4) is 0 Å². The molecule has 0 aliphatic carbocycles. The lowest BCUT2D eigenvalue weighted by Crippen LogP contribution is -2.33. The Hall–Kier alpha value is -0.900. The van der Waals surface area contributed by atoms with Gasteiger partial charge in [0.25, 0.3) is 0 Å². The lowest BCUT2D eigenvalue weighted by molar-refractivity contribution is 0.520. The lowest BCUT2D eigenvalue weighted by Gasteiger charge is -2.16. The molecular formula is C14H17ClN2S. The molecule has 0 amide bonds. The second-order valence-electron chi connectivity index (χ2n) is 4.22. The minimum atomic E-state index is 0.433. The molecule has 1 unspecified atom stereocenters. The van der Waals surface area contributed by atoms with Gasteiger partial charge in [-0.2, -0.15) is 0 Å². The van der Waals surface area contributed by atoms with Gasteiger partial charge in [-0.05, 0) is 30.7 Å². The van der Waals surface area contributed by atoms with Crippen molar-refractivity contribution in [2.45, 2.75) is 25.8 Å². The molecule has 2 aromatic rings. The second-order valence-corrected chi connectivity index (χ2v) is 5.63. The van der Waals surface area contributed by atoms with Crippen LogP contribution in [0.2, 0.25) is 5.02 Å². The van der Waals surface area contributed by atoms with Gasteiger partial charge in [-0.15, -0.1) is 11.3 Å². The summed E-state index contributed by atoms with van der Waals surface area (Å²) in [5.74, 6) is 0. The monoisotopic (exact) mass is 280 g/mol. The predicted molar refractivity (Wildman–Crippen MR) is 78.4 cm³/mol. The van der Waals surface area contributed by atoms with E-state index < -0.39 is 0 Å². The summed E-state index contributed by atoms with van der Waals surface area (Å²) in [5.41, 5.74) is 1.31. The van der Waals surface area contributed by atoms with Crippen molar-refractivity contribution in [3.63, 3.8) is 0 Å². The van der Waals surface area contributed by atoms with E-state index in [1.165, 1.54) is 10.6 Å². The third-order valence-corrected chi connectivity index (χ3v) is 3.85. The molecule has 0 bridgehead atoms. The van der Waals surface area contributed by atoms with E-state index in [0.717, 1.165) is 24.4 Å². The van der Waals surface area contributed by atoms with Gasteiger partial charge in [0.1, 0.15) is 0 Å². The fourth-order valence-electron chi connectivity index (χ4n) is 1.97. The third kappa shape index (κ3) is 4.09. The van der Waals surface area contributed by atoms with Crippen LogP contribution in [-0.2, 0) is 12.8 Å². The van der Waals surface area contributed by atoms with E-state index in [9.17, 15) is 0 Å². The van der Waals surface area contributed by atoms with Crippen molar-refractivity contribution >= 4 is 22.9 Å². The van der Waals surface area contributed by atoms with E-state index in [2.05, 4.69) is 29.4 Å². The highest BCUT2D eigenvalue weighted by Gasteiger charge is 2.10. The smallest absolute Gasteiger partial charge is 0.0940 e. The molecule has 0 spiro atoms. The van der Waals surface area contributed by atoms with Crippen molar-refractivity contribution in [2.75, 3.05) is 6.54 Å². The fraction of sp³-hybridized carbons (Fsp3) is 0.357. The Bertz CT molecular complexity index is 453. The molecule has 96 valence electrons. The van der Waals surface area contributed by atoms with Gasteiger partial charge in [-0.3, -0.25) is 0 Å². The number of benzene rings is 1. The quantitative estimate of drug-likeness (QED) is 0.875. The average Bonchev–Trinajstić information content (AvgIpc) is 2.85. The standard InChI is InChI=1S/C14H17ClN2S/c1-2-16-13(10-14-17-7-8-18-14)9-11-3-5-12(15)6-4-11/h3-8,13,16H,2,9-10H2,1H3. The van der Waals surface area contributed by atoms with Crippen LogP contribution in [0.25, 0.3) is 0 Å². The summed E-state index contributed by atoms with van der Waals surface area (Å²) < 4.78 is 0. The Morgan fingerprint density at radius 1 is 1.28 bits per heavy atom. The summed E-state index contributed by atoms with van der Waals surface area (Å²) in [4.78, 5) is 4.35. The molecule has 1 aromatic carbocycles. The first-order valence-electron chi connectivity index (χ1n) is 6.14. The van der Waals surface area contributed by atoms with Gasteiger partial charge in [0.05, 0.1) is 5.01 Å². The zero-order valence-corrected chi connectivity index (χ0v) is 12.0. The Kier molecular flexibility index (Phi) is 5.17. The Morgan fingerprint density at radius 3 is 2.67 bits per heavy atom. The van der Waals surface area contributed by atoms with Crippen LogP contribution in [0.5, 0.6) is 0 Å². The highest BCUT2D eigenvalue weighted by Crippen LogP contribution is 2.14. The van der Waals surface area contributed by atoms with E-state index in [1.54, 1.807) is 11.3 Å². The number of halogens is 1. The Balaban J connectivity index is 1.99. The summed E-state index contributed by atoms with van der Waals surface area (Å²) in [6.45, 7) is 3.11. The Labute approximate surface area is 117 Å². The molecule has 0 aliphatic heterocycles. The number of aromatic nitrogens is 1. The summed E-state index contributed by atoms with van der Waals surface area (Å²) in [6.07, 6.45) is 3.85. The number of nitrogens with zero attached hydrogens (tertiary/aromatic N) is 1. The zero-order valence-electron chi connectivity index (χ0n) is 10.4. The van der Waals surface area contributed by atoms with Crippen molar-refractivity contribution in [2.24, 2.45) is 0 Å². The van der Waals surface area contributed by atoms with Gasteiger partial charge in [0, 0.05) is 29.1 Å². The summed E-state index contributed by atoms with van der Waals surface area (Å²) in [5, 5.41) is 7.53. The largest absolute Gasteiger partial charge is 0.314 e. The molecule has 18 heavy (non-hydrogen) atoms. The predicted octanol–water partition coefficient (Wildman–Crippen LogP) is 3.56. The molecule has 4 heteroatoms. The molecular weight excluding hydrogens is 264 g/mol. The zero-order chi connectivity index (χ0) is 12.8. The molecule has 1 N–H and O–H groups in total. The van der Waals surface area contributed by atoms with Crippen LogP contribution in [0.1, 0.15) is 17.5 Å². The molecule has 1 atom stereocenters. The van der Waals surface area contributed by atoms with E-state index in [4.69, 9.17) is 11.6 Å². The van der Waals surface area contributed by atoms with Gasteiger partial charge in [-0.1, -0.05) is 30.7 Å². The highest BCUT2D eigenvalue weighted by molar-refractivity contribution is 7.09.